The zero-order valence-electron chi connectivity index (χ0n) is 11.9. The maximum Gasteiger partial charge on any atom is 0.300 e. The molecule has 0 spiro atoms. The summed E-state index contributed by atoms with van der Waals surface area (Å²) in [6.45, 7) is 6.76. The molecule has 1 rings (SSSR count). The number of hydrogen-bond acceptors (Lipinski definition) is 5. The molecular formula is C13H22N2O4. The number of nitrogens with one attached hydrogen (secondary N) is 1. The molecule has 0 unspecified atom stereocenters. The lowest BCUT2D eigenvalue weighted by Gasteiger charge is -2.22. The molecule has 0 saturated carbocycles. The van der Waals surface area contributed by atoms with Gasteiger partial charge in [0.05, 0.1) is 12.2 Å². The van der Waals surface area contributed by atoms with Gasteiger partial charge in [0.25, 0.3) is 0 Å². The Labute approximate surface area is 113 Å². The fraction of sp³-hybridized carbons (Fsp3) is 0.615. The van der Waals surface area contributed by atoms with Crippen molar-refractivity contribution < 1.29 is 18.7 Å². The minimum atomic E-state index is -0.449. The fourth-order valence-corrected chi connectivity index (χ4v) is 1.45. The molecule has 0 aromatic carbocycles. The van der Waals surface area contributed by atoms with Crippen LogP contribution in [0.1, 0.15) is 42.1 Å². The zero-order chi connectivity index (χ0) is 14.5. The van der Waals surface area contributed by atoms with Gasteiger partial charge >= 0.3 is 5.91 Å². The Morgan fingerprint density at radius 1 is 1.53 bits per heavy atom. The quantitative estimate of drug-likeness (QED) is 0.339. The topological polar surface area (TPSA) is 86.7 Å². The molecule has 19 heavy (non-hydrogen) atoms. The SMILES string of the molecule is COC(C)(C)CCOCc1cc(C(=O)NN)oc1C. The van der Waals surface area contributed by atoms with Crippen molar-refractivity contribution in [1.82, 2.24) is 5.43 Å². The third-order valence-electron chi connectivity index (χ3n) is 3.03. The third kappa shape index (κ3) is 4.66. The average molecular weight is 270 g/mol. The van der Waals surface area contributed by atoms with Gasteiger partial charge in [0.1, 0.15) is 5.76 Å². The minimum absolute atomic E-state index is 0.191. The molecule has 1 aromatic rings. The van der Waals surface area contributed by atoms with E-state index >= 15 is 0 Å². The Bertz CT molecular complexity index is 426. The van der Waals surface area contributed by atoms with Crippen LogP contribution in [0.4, 0.5) is 0 Å². The standard InChI is InChI=1S/C13H22N2O4/c1-9-10(7-11(19-9)12(16)15-14)8-18-6-5-13(2,3)17-4/h7H,5-6,8,14H2,1-4H3,(H,15,16). The van der Waals surface area contributed by atoms with Gasteiger partial charge in [-0.1, -0.05) is 0 Å². The number of rotatable bonds is 7. The summed E-state index contributed by atoms with van der Waals surface area (Å²) in [6.07, 6.45) is 0.788. The molecular weight excluding hydrogens is 248 g/mol. The Kier molecular flexibility index (Phi) is 5.53. The van der Waals surface area contributed by atoms with Gasteiger partial charge in [0, 0.05) is 19.3 Å². The Morgan fingerprint density at radius 2 is 2.21 bits per heavy atom. The fourth-order valence-electron chi connectivity index (χ4n) is 1.45. The summed E-state index contributed by atoms with van der Waals surface area (Å²) in [5.41, 5.74) is 2.67. The molecule has 108 valence electrons. The van der Waals surface area contributed by atoms with Crippen LogP contribution in [0.3, 0.4) is 0 Å². The first-order valence-electron chi connectivity index (χ1n) is 6.13. The number of carbonyl (C=O) groups is 1. The molecule has 6 heteroatoms. The Morgan fingerprint density at radius 3 is 2.79 bits per heavy atom. The van der Waals surface area contributed by atoms with Crippen molar-refractivity contribution in [2.24, 2.45) is 5.84 Å². The van der Waals surface area contributed by atoms with E-state index in [2.05, 4.69) is 0 Å². The second-order valence-electron chi connectivity index (χ2n) is 4.93. The van der Waals surface area contributed by atoms with Crippen LogP contribution >= 0.6 is 0 Å². The van der Waals surface area contributed by atoms with Gasteiger partial charge in [0.15, 0.2) is 5.76 Å². The highest BCUT2D eigenvalue weighted by molar-refractivity contribution is 5.91. The summed E-state index contributed by atoms with van der Waals surface area (Å²) in [5, 5.41) is 0. The summed E-state index contributed by atoms with van der Waals surface area (Å²) in [6, 6.07) is 1.64. The number of hydrogen-bond donors (Lipinski definition) is 2. The number of methoxy groups -OCH3 is 1. The molecule has 1 aromatic heterocycles. The van der Waals surface area contributed by atoms with Crippen molar-refractivity contribution in [1.29, 1.82) is 0 Å². The smallest absolute Gasteiger partial charge is 0.300 e. The van der Waals surface area contributed by atoms with Gasteiger partial charge in [-0.15, -0.1) is 0 Å². The molecule has 0 aliphatic heterocycles. The first kappa shape index (κ1) is 15.7. The van der Waals surface area contributed by atoms with E-state index in [4.69, 9.17) is 19.7 Å². The number of amides is 1. The molecule has 1 amide bonds. The van der Waals surface area contributed by atoms with E-state index in [0.717, 1.165) is 12.0 Å². The average Bonchev–Trinajstić information content (AvgIpc) is 2.75. The molecule has 0 fully saturated rings. The summed E-state index contributed by atoms with van der Waals surface area (Å²) < 4.78 is 16.2. The van der Waals surface area contributed by atoms with Crippen LogP contribution in [0.15, 0.2) is 10.5 Å². The van der Waals surface area contributed by atoms with Crippen LogP contribution in [0, 0.1) is 6.92 Å². The third-order valence-corrected chi connectivity index (χ3v) is 3.03. The zero-order valence-corrected chi connectivity index (χ0v) is 11.9. The number of carbonyl (C=O) groups excluding carboxylic acids is 1. The molecule has 0 saturated heterocycles. The van der Waals surface area contributed by atoms with Crippen LogP contribution in [0.25, 0.3) is 0 Å². The van der Waals surface area contributed by atoms with Gasteiger partial charge in [-0.2, -0.15) is 0 Å². The second kappa shape index (κ2) is 6.70. The molecule has 0 atom stereocenters. The summed E-state index contributed by atoms with van der Waals surface area (Å²) in [4.78, 5) is 11.3. The number of nitrogen functional groups attached to an aromatic ring is 1. The van der Waals surface area contributed by atoms with Crippen LogP contribution in [-0.2, 0) is 16.1 Å². The van der Waals surface area contributed by atoms with Crippen LogP contribution < -0.4 is 11.3 Å². The molecule has 0 bridgehead atoms. The van der Waals surface area contributed by atoms with Gasteiger partial charge in [-0.3, -0.25) is 10.2 Å². The lowest BCUT2D eigenvalue weighted by atomic mass is 10.1. The molecule has 3 N–H and O–H groups in total. The molecule has 0 radical (unpaired) electrons. The van der Waals surface area contributed by atoms with Crippen molar-refractivity contribution in [3.8, 4) is 0 Å². The van der Waals surface area contributed by atoms with Crippen LogP contribution in [0.2, 0.25) is 0 Å². The molecule has 0 aliphatic carbocycles. The van der Waals surface area contributed by atoms with Crippen LogP contribution in [0.5, 0.6) is 0 Å². The number of furan rings is 1. The largest absolute Gasteiger partial charge is 0.456 e. The van der Waals surface area contributed by atoms with Crippen molar-refractivity contribution in [3.63, 3.8) is 0 Å². The Hall–Kier alpha value is -1.37. The van der Waals surface area contributed by atoms with E-state index in [9.17, 15) is 4.79 Å². The van der Waals surface area contributed by atoms with E-state index in [1.165, 1.54) is 0 Å². The van der Waals surface area contributed by atoms with Crippen LogP contribution in [-0.4, -0.2) is 25.2 Å². The van der Waals surface area contributed by atoms with E-state index in [0.29, 0.717) is 19.0 Å². The maximum atomic E-state index is 11.3. The number of nitrogens with two attached hydrogens (primary N) is 1. The van der Waals surface area contributed by atoms with Crippen molar-refractivity contribution >= 4 is 5.91 Å². The lowest BCUT2D eigenvalue weighted by Crippen LogP contribution is -2.29. The first-order valence-corrected chi connectivity index (χ1v) is 6.13. The van der Waals surface area contributed by atoms with Gasteiger partial charge < -0.3 is 13.9 Å². The highest BCUT2D eigenvalue weighted by atomic mass is 16.5. The maximum absolute atomic E-state index is 11.3. The monoisotopic (exact) mass is 270 g/mol. The predicted molar refractivity (Wildman–Crippen MR) is 70.5 cm³/mol. The molecule has 0 aliphatic rings. The van der Waals surface area contributed by atoms with Gasteiger partial charge in [-0.25, -0.2) is 5.84 Å². The first-order chi connectivity index (χ1) is 8.89. The molecule has 6 nitrogen and oxygen atoms in total. The highest BCUT2D eigenvalue weighted by Gasteiger charge is 2.17. The molecule has 1 heterocycles. The van der Waals surface area contributed by atoms with E-state index in [-0.39, 0.29) is 11.4 Å². The number of aryl methyl sites for hydroxylation is 1. The number of hydrazine groups is 1. The highest BCUT2D eigenvalue weighted by Crippen LogP contribution is 2.17. The summed E-state index contributed by atoms with van der Waals surface area (Å²) in [5.74, 6) is 5.44. The van der Waals surface area contributed by atoms with Gasteiger partial charge in [0.2, 0.25) is 0 Å². The van der Waals surface area contributed by atoms with Crippen molar-refractivity contribution in [3.05, 3.63) is 23.2 Å². The normalized spacial score (nSPS) is 11.6. The minimum Gasteiger partial charge on any atom is -0.456 e. The Balaban J connectivity index is 2.46. The summed E-state index contributed by atoms with van der Waals surface area (Å²) >= 11 is 0. The second-order valence-corrected chi connectivity index (χ2v) is 4.93. The number of ether oxygens (including phenoxy) is 2. The van der Waals surface area contributed by atoms with E-state index < -0.39 is 5.91 Å². The van der Waals surface area contributed by atoms with Crippen molar-refractivity contribution in [2.75, 3.05) is 13.7 Å². The predicted octanol–water partition coefficient (Wildman–Crippen LogP) is 1.52. The van der Waals surface area contributed by atoms with Gasteiger partial charge in [-0.05, 0) is 33.3 Å². The summed E-state index contributed by atoms with van der Waals surface area (Å²) in [7, 11) is 1.68. The van der Waals surface area contributed by atoms with E-state index in [1.807, 2.05) is 19.3 Å². The lowest BCUT2D eigenvalue weighted by molar-refractivity contribution is -0.0125. The van der Waals surface area contributed by atoms with E-state index in [1.54, 1.807) is 20.1 Å². The van der Waals surface area contributed by atoms with Crippen molar-refractivity contribution in [2.45, 2.75) is 39.4 Å².